The van der Waals surface area contributed by atoms with Crippen LogP contribution in [0.25, 0.3) is 6.08 Å². The highest BCUT2D eigenvalue weighted by molar-refractivity contribution is 7.97. The number of esters is 1. The maximum Gasteiger partial charge on any atom is 0.333 e. The third-order valence-electron chi connectivity index (χ3n) is 2.82. The smallest absolute Gasteiger partial charge is 0.333 e. The normalized spacial score (nSPS) is 14.0. The van der Waals surface area contributed by atoms with Crippen LogP contribution < -0.4 is 4.74 Å². The molecule has 0 atom stereocenters. The van der Waals surface area contributed by atoms with Crippen LogP contribution in [0.3, 0.4) is 0 Å². The van der Waals surface area contributed by atoms with Crippen LogP contribution in [0.4, 0.5) is 0 Å². The maximum absolute atomic E-state index is 11.6. The first-order valence-electron chi connectivity index (χ1n) is 5.78. The average Bonchev–Trinajstić information content (AvgIpc) is 2.61. The molecule has 0 bridgehead atoms. The molecule has 3 nitrogen and oxygen atoms in total. The Kier molecular flexibility index (Phi) is 4.31. The van der Waals surface area contributed by atoms with Gasteiger partial charge in [0.15, 0.2) is 0 Å². The van der Waals surface area contributed by atoms with Gasteiger partial charge in [0.2, 0.25) is 0 Å². The molecule has 0 N–H and O–H groups in total. The average molecular weight is 264 g/mol. The van der Waals surface area contributed by atoms with Crippen molar-refractivity contribution in [2.75, 3.05) is 20.0 Å². The lowest BCUT2D eigenvalue weighted by Gasteiger charge is -2.11. The molecule has 0 amide bonds. The summed E-state index contributed by atoms with van der Waals surface area (Å²) < 4.78 is 10.6. The van der Waals surface area contributed by atoms with Gasteiger partial charge in [0.05, 0.1) is 13.7 Å². The van der Waals surface area contributed by atoms with Crippen molar-refractivity contribution >= 4 is 23.8 Å². The standard InChI is InChI=1S/C14H16O3S/c1-16-14(15)11-6-7-17-13-10(8-11)4-3-5-12(13)9-18-2/h3-5,8H,6-7,9H2,1-2H3. The van der Waals surface area contributed by atoms with E-state index < -0.39 is 0 Å². The van der Waals surface area contributed by atoms with Gasteiger partial charge in [0.25, 0.3) is 0 Å². The van der Waals surface area contributed by atoms with E-state index in [0.717, 1.165) is 17.1 Å². The molecule has 2 rings (SSSR count). The number of benzene rings is 1. The van der Waals surface area contributed by atoms with Gasteiger partial charge in [-0.2, -0.15) is 11.8 Å². The molecule has 1 aliphatic heterocycles. The van der Waals surface area contributed by atoms with Crippen LogP contribution in [0.2, 0.25) is 0 Å². The molecule has 0 saturated heterocycles. The minimum Gasteiger partial charge on any atom is -0.492 e. The highest BCUT2D eigenvalue weighted by atomic mass is 32.2. The van der Waals surface area contributed by atoms with Gasteiger partial charge in [-0.1, -0.05) is 18.2 Å². The first-order chi connectivity index (χ1) is 8.76. The molecule has 4 heteroatoms. The fourth-order valence-electron chi connectivity index (χ4n) is 1.98. The predicted octanol–water partition coefficient (Wildman–Crippen LogP) is 2.89. The minimum atomic E-state index is -0.276. The van der Waals surface area contributed by atoms with Crippen molar-refractivity contribution < 1.29 is 14.3 Å². The summed E-state index contributed by atoms with van der Waals surface area (Å²) in [4.78, 5) is 11.6. The zero-order chi connectivity index (χ0) is 13.0. The zero-order valence-corrected chi connectivity index (χ0v) is 11.4. The summed E-state index contributed by atoms with van der Waals surface area (Å²) in [7, 11) is 1.40. The Morgan fingerprint density at radius 2 is 2.33 bits per heavy atom. The lowest BCUT2D eigenvalue weighted by molar-refractivity contribution is -0.136. The van der Waals surface area contributed by atoms with Gasteiger partial charge in [-0.05, 0) is 12.3 Å². The molecule has 0 saturated carbocycles. The summed E-state index contributed by atoms with van der Waals surface area (Å²) in [5, 5.41) is 0. The van der Waals surface area contributed by atoms with E-state index in [2.05, 4.69) is 12.3 Å². The Balaban J connectivity index is 2.40. The number of methoxy groups -OCH3 is 1. The Labute approximate surface area is 111 Å². The van der Waals surface area contributed by atoms with Crippen LogP contribution in [0.1, 0.15) is 17.5 Å². The van der Waals surface area contributed by atoms with Crippen LogP contribution in [0.15, 0.2) is 23.8 Å². The van der Waals surface area contributed by atoms with E-state index in [1.165, 1.54) is 12.7 Å². The molecule has 1 aliphatic rings. The van der Waals surface area contributed by atoms with Gasteiger partial charge < -0.3 is 9.47 Å². The fraction of sp³-hybridized carbons (Fsp3) is 0.357. The molecular weight excluding hydrogens is 248 g/mol. The second-order valence-electron chi connectivity index (χ2n) is 4.03. The van der Waals surface area contributed by atoms with E-state index >= 15 is 0 Å². The second kappa shape index (κ2) is 5.96. The largest absolute Gasteiger partial charge is 0.492 e. The lowest BCUT2D eigenvalue weighted by Crippen LogP contribution is -2.07. The second-order valence-corrected chi connectivity index (χ2v) is 4.89. The number of ether oxygens (including phenoxy) is 2. The van der Waals surface area contributed by atoms with Crippen LogP contribution in [0.5, 0.6) is 5.75 Å². The van der Waals surface area contributed by atoms with E-state index in [1.807, 2.05) is 18.2 Å². The lowest BCUT2D eigenvalue weighted by atomic mass is 10.1. The summed E-state index contributed by atoms with van der Waals surface area (Å²) in [5.74, 6) is 1.53. The van der Waals surface area contributed by atoms with Crippen molar-refractivity contribution in [3.05, 3.63) is 34.9 Å². The number of thioether (sulfide) groups is 1. The fourth-order valence-corrected chi connectivity index (χ4v) is 2.52. The zero-order valence-electron chi connectivity index (χ0n) is 10.6. The van der Waals surface area contributed by atoms with Gasteiger partial charge in [-0.25, -0.2) is 4.79 Å². The molecule has 0 aliphatic carbocycles. The van der Waals surface area contributed by atoms with E-state index in [4.69, 9.17) is 9.47 Å². The van der Waals surface area contributed by atoms with Crippen molar-refractivity contribution in [1.29, 1.82) is 0 Å². The Morgan fingerprint density at radius 1 is 1.50 bits per heavy atom. The number of carbonyl (C=O) groups excluding carboxylic acids is 1. The molecule has 0 aromatic heterocycles. The van der Waals surface area contributed by atoms with E-state index in [1.54, 1.807) is 11.8 Å². The van der Waals surface area contributed by atoms with E-state index in [9.17, 15) is 4.79 Å². The van der Waals surface area contributed by atoms with Crippen LogP contribution >= 0.6 is 11.8 Å². The minimum absolute atomic E-state index is 0.276. The maximum atomic E-state index is 11.6. The molecule has 1 heterocycles. The summed E-state index contributed by atoms with van der Waals surface area (Å²) in [6.45, 7) is 0.513. The van der Waals surface area contributed by atoms with Crippen molar-refractivity contribution in [3.8, 4) is 5.75 Å². The number of rotatable bonds is 3. The van der Waals surface area contributed by atoms with Crippen LogP contribution in [0, 0.1) is 0 Å². The summed E-state index contributed by atoms with van der Waals surface area (Å²) in [5.41, 5.74) is 2.79. The molecule has 18 heavy (non-hydrogen) atoms. The van der Waals surface area contributed by atoms with Gasteiger partial charge in [0.1, 0.15) is 5.75 Å². The molecule has 1 aromatic rings. The molecule has 0 radical (unpaired) electrons. The highest BCUT2D eigenvalue weighted by Crippen LogP contribution is 2.31. The van der Waals surface area contributed by atoms with Gasteiger partial charge in [-0.3, -0.25) is 0 Å². The Hall–Kier alpha value is -1.42. The third kappa shape index (κ3) is 2.70. The number of fused-ring (bicyclic) bond motifs is 1. The van der Waals surface area contributed by atoms with Crippen molar-refractivity contribution in [1.82, 2.24) is 0 Å². The predicted molar refractivity (Wildman–Crippen MR) is 73.8 cm³/mol. The van der Waals surface area contributed by atoms with Gasteiger partial charge >= 0.3 is 5.97 Å². The summed E-state index contributed by atoms with van der Waals surface area (Å²) in [6, 6.07) is 6.02. The van der Waals surface area contributed by atoms with Crippen molar-refractivity contribution in [2.45, 2.75) is 12.2 Å². The Morgan fingerprint density at radius 3 is 3.06 bits per heavy atom. The van der Waals surface area contributed by atoms with Gasteiger partial charge in [0, 0.05) is 28.9 Å². The van der Waals surface area contributed by atoms with E-state index in [0.29, 0.717) is 18.6 Å². The SMILES string of the molecule is COC(=O)C1=Cc2cccc(CSC)c2OCC1. The number of hydrogen-bond donors (Lipinski definition) is 0. The number of hydrogen-bond acceptors (Lipinski definition) is 4. The summed E-state index contributed by atoms with van der Waals surface area (Å²) in [6.07, 6.45) is 4.52. The van der Waals surface area contributed by atoms with Crippen LogP contribution in [-0.2, 0) is 15.3 Å². The first kappa shape index (κ1) is 13.0. The topological polar surface area (TPSA) is 35.5 Å². The number of carbonyl (C=O) groups is 1. The molecule has 0 spiro atoms. The molecule has 1 aromatic carbocycles. The molecule has 0 unspecified atom stereocenters. The highest BCUT2D eigenvalue weighted by Gasteiger charge is 2.17. The molecule has 0 fully saturated rings. The molecular formula is C14H16O3S. The van der Waals surface area contributed by atoms with Crippen molar-refractivity contribution in [3.63, 3.8) is 0 Å². The number of para-hydroxylation sites is 1. The first-order valence-corrected chi connectivity index (χ1v) is 7.18. The van der Waals surface area contributed by atoms with Gasteiger partial charge in [-0.15, -0.1) is 0 Å². The quantitative estimate of drug-likeness (QED) is 0.786. The summed E-state index contributed by atoms with van der Waals surface area (Å²) >= 11 is 1.75. The van der Waals surface area contributed by atoms with Crippen LogP contribution in [-0.4, -0.2) is 25.9 Å². The molecule has 96 valence electrons. The van der Waals surface area contributed by atoms with Crippen molar-refractivity contribution in [2.24, 2.45) is 0 Å². The third-order valence-corrected chi connectivity index (χ3v) is 3.42. The Bertz CT molecular complexity index is 480. The monoisotopic (exact) mass is 264 g/mol. The van der Waals surface area contributed by atoms with E-state index in [-0.39, 0.29) is 5.97 Å².